The quantitative estimate of drug-likeness (QED) is 0.239. The number of carbonyl (C=O) groups is 2. The van der Waals surface area contributed by atoms with Crippen LogP contribution in [0.4, 0.5) is 0 Å². The van der Waals surface area contributed by atoms with Gasteiger partial charge in [0.25, 0.3) is 0 Å². The number of rotatable bonds is 12. The van der Waals surface area contributed by atoms with E-state index in [4.69, 9.17) is 9.47 Å². The standard InChI is InChI=1S/C36H63NO4/c1-23(2)10-9-11-25(5)29-14-15-30-28-13-12-26-21-27(16-18-35(26,6)31(28)17-19-36(29,30)7)41-34(39)32(20-24(3)4)37-33(38)22-40-8/h23-32H,9-22H2,1-8H3,(H,37,38)/t25-,26?,27+,28+,29-,30+,31+,32?,35+,36-/m1/s1. The van der Waals surface area contributed by atoms with Crippen LogP contribution in [-0.4, -0.2) is 37.7 Å². The van der Waals surface area contributed by atoms with Crippen LogP contribution in [0.15, 0.2) is 0 Å². The van der Waals surface area contributed by atoms with Crippen LogP contribution in [-0.2, 0) is 19.1 Å². The van der Waals surface area contributed by atoms with Gasteiger partial charge in [-0.1, -0.05) is 67.7 Å². The molecule has 0 spiro atoms. The Morgan fingerprint density at radius 3 is 2.24 bits per heavy atom. The lowest BCUT2D eigenvalue weighted by molar-refractivity contribution is -0.166. The average Bonchev–Trinajstić information content (AvgIpc) is 3.25. The van der Waals surface area contributed by atoms with E-state index in [2.05, 4.69) is 53.8 Å². The van der Waals surface area contributed by atoms with Crippen LogP contribution in [0.2, 0.25) is 0 Å². The third-order valence-electron chi connectivity index (χ3n) is 12.7. The van der Waals surface area contributed by atoms with E-state index in [-0.39, 0.29) is 30.5 Å². The van der Waals surface area contributed by atoms with E-state index in [1.165, 1.54) is 71.3 Å². The fourth-order valence-corrected chi connectivity index (χ4v) is 10.6. The summed E-state index contributed by atoms with van der Waals surface area (Å²) < 4.78 is 11.1. The first-order valence-electron chi connectivity index (χ1n) is 17.4. The molecule has 0 aromatic rings. The van der Waals surface area contributed by atoms with Gasteiger partial charge in [-0.25, -0.2) is 4.79 Å². The summed E-state index contributed by atoms with van der Waals surface area (Å²) in [6.07, 6.45) is 16.2. The molecule has 0 bridgehead atoms. The topological polar surface area (TPSA) is 64.6 Å². The minimum atomic E-state index is -0.596. The Morgan fingerprint density at radius 1 is 0.854 bits per heavy atom. The van der Waals surface area contributed by atoms with Gasteiger partial charge < -0.3 is 14.8 Å². The minimum absolute atomic E-state index is 0.0254. The number of ether oxygens (including phenoxy) is 2. The molecular weight excluding hydrogens is 510 g/mol. The maximum atomic E-state index is 13.2. The highest BCUT2D eigenvalue weighted by Gasteiger charge is 2.60. The Labute approximate surface area is 252 Å². The normalized spacial score (nSPS) is 38.1. The van der Waals surface area contributed by atoms with Crippen LogP contribution in [0, 0.1) is 58.2 Å². The van der Waals surface area contributed by atoms with Crippen LogP contribution in [0.1, 0.15) is 132 Å². The summed E-state index contributed by atoms with van der Waals surface area (Å²) in [4.78, 5) is 25.4. The van der Waals surface area contributed by atoms with Crippen molar-refractivity contribution in [1.29, 1.82) is 0 Å². The lowest BCUT2D eigenvalue weighted by atomic mass is 9.44. The molecule has 1 amide bonds. The molecule has 1 N–H and O–H groups in total. The maximum Gasteiger partial charge on any atom is 0.328 e. The molecular formula is C36H63NO4. The van der Waals surface area contributed by atoms with E-state index in [1.807, 2.05) is 0 Å². The molecule has 41 heavy (non-hydrogen) atoms. The number of hydrogen-bond donors (Lipinski definition) is 1. The molecule has 0 heterocycles. The Kier molecular flexibility index (Phi) is 10.9. The van der Waals surface area contributed by atoms with Gasteiger partial charge in [0.1, 0.15) is 18.8 Å². The SMILES string of the molecule is COCC(=O)NC(CC(C)C)C(=O)O[C@H]1CC[C@@]2(C)C(CC[C@H]3[C@@H]4CC[C@H]([C@H](C)CCCC(C)C)[C@@]4(C)CC[C@@H]32)C1. The lowest BCUT2D eigenvalue weighted by Crippen LogP contribution is -2.54. The van der Waals surface area contributed by atoms with Crippen LogP contribution < -0.4 is 5.32 Å². The summed E-state index contributed by atoms with van der Waals surface area (Å²) in [7, 11) is 1.50. The molecule has 5 heteroatoms. The number of fused-ring (bicyclic) bond motifs is 5. The second-order valence-corrected chi connectivity index (χ2v) is 16.2. The molecule has 4 rings (SSSR count). The Bertz CT molecular complexity index is 887. The van der Waals surface area contributed by atoms with Crippen LogP contribution in [0.25, 0.3) is 0 Å². The number of hydrogen-bond acceptors (Lipinski definition) is 4. The summed E-state index contributed by atoms with van der Waals surface area (Å²) in [5.41, 5.74) is 0.908. The van der Waals surface area contributed by atoms with Crippen molar-refractivity contribution >= 4 is 11.9 Å². The Balaban J connectivity index is 1.36. The van der Waals surface area contributed by atoms with Crippen molar-refractivity contribution in [2.24, 2.45) is 58.2 Å². The fourth-order valence-electron chi connectivity index (χ4n) is 10.6. The summed E-state index contributed by atoms with van der Waals surface area (Å²) >= 11 is 0. The third-order valence-corrected chi connectivity index (χ3v) is 12.7. The fraction of sp³-hybridized carbons (Fsp3) is 0.944. The van der Waals surface area contributed by atoms with Crippen molar-refractivity contribution in [2.75, 3.05) is 13.7 Å². The van der Waals surface area contributed by atoms with E-state index < -0.39 is 6.04 Å². The molecule has 5 nitrogen and oxygen atoms in total. The highest BCUT2D eigenvalue weighted by atomic mass is 16.5. The lowest BCUT2D eigenvalue weighted by Gasteiger charge is -2.61. The van der Waals surface area contributed by atoms with Gasteiger partial charge in [-0.3, -0.25) is 4.79 Å². The molecule has 236 valence electrons. The first-order chi connectivity index (χ1) is 19.4. The van der Waals surface area contributed by atoms with Gasteiger partial charge in [0.05, 0.1) is 0 Å². The third kappa shape index (κ3) is 7.18. The van der Waals surface area contributed by atoms with E-state index >= 15 is 0 Å². The number of carbonyl (C=O) groups excluding carboxylic acids is 2. The van der Waals surface area contributed by atoms with Gasteiger partial charge in [0.15, 0.2) is 0 Å². The molecule has 0 aliphatic heterocycles. The summed E-state index contributed by atoms with van der Waals surface area (Å²) in [5.74, 6) is 5.60. The van der Waals surface area contributed by atoms with E-state index in [0.29, 0.717) is 23.2 Å². The molecule has 0 radical (unpaired) electrons. The molecule has 4 fully saturated rings. The van der Waals surface area contributed by atoms with Crippen LogP contribution in [0.3, 0.4) is 0 Å². The van der Waals surface area contributed by atoms with Gasteiger partial charge >= 0.3 is 5.97 Å². The zero-order valence-electron chi connectivity index (χ0n) is 27.8. The first kappa shape index (κ1) is 32.8. The second kappa shape index (κ2) is 13.7. The highest BCUT2D eigenvalue weighted by molar-refractivity contribution is 5.85. The molecule has 4 aliphatic rings. The predicted octanol–water partition coefficient (Wildman–Crippen LogP) is 8.20. The molecule has 4 saturated carbocycles. The molecule has 0 aromatic carbocycles. The summed E-state index contributed by atoms with van der Waals surface area (Å²) in [6.45, 7) is 16.7. The second-order valence-electron chi connectivity index (χ2n) is 16.2. The summed E-state index contributed by atoms with van der Waals surface area (Å²) in [5, 5.41) is 2.85. The average molecular weight is 574 g/mol. The van der Waals surface area contributed by atoms with Crippen molar-refractivity contribution in [3.63, 3.8) is 0 Å². The van der Waals surface area contributed by atoms with Crippen molar-refractivity contribution in [3.05, 3.63) is 0 Å². The first-order valence-corrected chi connectivity index (χ1v) is 17.4. The van der Waals surface area contributed by atoms with Crippen LogP contribution >= 0.6 is 0 Å². The van der Waals surface area contributed by atoms with E-state index in [9.17, 15) is 9.59 Å². The Morgan fingerprint density at radius 2 is 1.56 bits per heavy atom. The van der Waals surface area contributed by atoms with Gasteiger partial charge in [-0.2, -0.15) is 0 Å². The summed E-state index contributed by atoms with van der Waals surface area (Å²) in [6, 6.07) is -0.596. The number of methoxy groups -OCH3 is 1. The largest absolute Gasteiger partial charge is 0.461 e. The zero-order valence-corrected chi connectivity index (χ0v) is 27.8. The molecule has 10 atom stereocenters. The Hall–Kier alpha value is -1.10. The highest BCUT2D eigenvalue weighted by Crippen LogP contribution is 2.68. The van der Waals surface area contributed by atoms with Crippen LogP contribution in [0.5, 0.6) is 0 Å². The number of amides is 1. The predicted molar refractivity (Wildman–Crippen MR) is 166 cm³/mol. The van der Waals surface area contributed by atoms with Crippen molar-refractivity contribution in [1.82, 2.24) is 5.32 Å². The molecule has 2 unspecified atom stereocenters. The number of nitrogens with one attached hydrogen (secondary N) is 1. The maximum absolute atomic E-state index is 13.2. The van der Waals surface area contributed by atoms with Crippen molar-refractivity contribution in [2.45, 2.75) is 144 Å². The van der Waals surface area contributed by atoms with Gasteiger partial charge in [0, 0.05) is 7.11 Å². The molecule has 0 saturated heterocycles. The minimum Gasteiger partial charge on any atom is -0.461 e. The molecule has 0 aromatic heterocycles. The van der Waals surface area contributed by atoms with Gasteiger partial charge in [-0.15, -0.1) is 0 Å². The van der Waals surface area contributed by atoms with Gasteiger partial charge in [0.2, 0.25) is 5.91 Å². The van der Waals surface area contributed by atoms with Gasteiger partial charge in [-0.05, 0) is 122 Å². The smallest absolute Gasteiger partial charge is 0.328 e. The van der Waals surface area contributed by atoms with Crippen molar-refractivity contribution < 1.29 is 19.1 Å². The van der Waals surface area contributed by atoms with E-state index in [0.717, 1.165) is 48.3 Å². The zero-order chi connectivity index (χ0) is 29.9. The van der Waals surface area contributed by atoms with Crippen molar-refractivity contribution in [3.8, 4) is 0 Å². The monoisotopic (exact) mass is 573 g/mol. The number of esters is 1. The van der Waals surface area contributed by atoms with E-state index in [1.54, 1.807) is 0 Å². The molecule has 4 aliphatic carbocycles.